The Labute approximate surface area is 165 Å². The average molecular weight is 379 g/mol. The van der Waals surface area contributed by atoms with E-state index in [9.17, 15) is 0 Å². The van der Waals surface area contributed by atoms with E-state index in [1.165, 1.54) is 16.0 Å². The lowest BCUT2D eigenvalue weighted by molar-refractivity contribution is 0.881. The molecule has 0 aliphatic rings. The molecule has 3 aromatic rings. The van der Waals surface area contributed by atoms with Crippen LogP contribution in [0.4, 0.5) is 10.8 Å². The Morgan fingerprint density at radius 2 is 1.81 bits per heavy atom. The molecule has 1 heterocycles. The molecule has 1 aromatic heterocycles. The normalized spacial score (nSPS) is 13.4. The second-order valence-corrected chi connectivity index (χ2v) is 7.76. The van der Waals surface area contributed by atoms with E-state index in [-0.39, 0.29) is 12.1 Å². The van der Waals surface area contributed by atoms with Gasteiger partial charge in [0, 0.05) is 29.2 Å². The van der Waals surface area contributed by atoms with Gasteiger partial charge in [0.05, 0.1) is 6.04 Å². The predicted octanol–water partition coefficient (Wildman–Crippen LogP) is 5.18. The lowest BCUT2D eigenvalue weighted by atomic mass is 10.1. The lowest BCUT2D eigenvalue weighted by Crippen LogP contribution is -2.10. The summed E-state index contributed by atoms with van der Waals surface area (Å²) in [5.41, 5.74) is 9.28. The van der Waals surface area contributed by atoms with Crippen molar-refractivity contribution in [3.63, 3.8) is 0 Å². The molecule has 0 fully saturated rings. The molecule has 0 radical (unpaired) electrons. The highest BCUT2D eigenvalue weighted by molar-refractivity contribution is 7.15. The van der Waals surface area contributed by atoms with Gasteiger partial charge in [-0.1, -0.05) is 48.5 Å². The fraction of sp³-hybridized carbons (Fsp3) is 0.227. The molecular formula is C22H26N4S. The van der Waals surface area contributed by atoms with Crippen LogP contribution < -0.4 is 16.4 Å². The molecule has 2 aromatic carbocycles. The number of anilines is 2. The zero-order chi connectivity index (χ0) is 19.1. The van der Waals surface area contributed by atoms with Crippen molar-refractivity contribution >= 4 is 22.2 Å². The first-order chi connectivity index (χ1) is 13.1. The van der Waals surface area contributed by atoms with Gasteiger partial charge in [-0.2, -0.15) is 0 Å². The number of nitrogens with two attached hydrogens (primary N) is 1. The smallest absolute Gasteiger partial charge is 0.183 e. The molecule has 3 rings (SSSR count). The largest absolute Gasteiger partial charge is 0.362 e. The van der Waals surface area contributed by atoms with Gasteiger partial charge in [0.2, 0.25) is 0 Å². The summed E-state index contributed by atoms with van der Waals surface area (Å²) in [6, 6.07) is 19.1. The first-order valence-corrected chi connectivity index (χ1v) is 9.96. The van der Waals surface area contributed by atoms with Gasteiger partial charge in [-0.05, 0) is 43.3 Å². The van der Waals surface area contributed by atoms with Crippen LogP contribution in [0.2, 0.25) is 0 Å². The summed E-state index contributed by atoms with van der Waals surface area (Å²) in [4.78, 5) is 5.77. The number of benzene rings is 2. The van der Waals surface area contributed by atoms with Crippen LogP contribution in [-0.4, -0.2) is 11.0 Å². The number of aromatic nitrogens is 1. The van der Waals surface area contributed by atoms with Crippen molar-refractivity contribution < 1.29 is 0 Å². The van der Waals surface area contributed by atoms with Crippen molar-refractivity contribution in [2.75, 3.05) is 10.6 Å². The van der Waals surface area contributed by atoms with Crippen molar-refractivity contribution in [3.8, 4) is 0 Å². The molecule has 27 heavy (non-hydrogen) atoms. The Bertz CT molecular complexity index is 854. The first kappa shape index (κ1) is 19.1. The maximum Gasteiger partial charge on any atom is 0.183 e. The van der Waals surface area contributed by atoms with Crippen LogP contribution in [0.25, 0.3) is 0 Å². The summed E-state index contributed by atoms with van der Waals surface area (Å²) >= 11 is 1.71. The highest BCUT2D eigenvalue weighted by Crippen LogP contribution is 2.25. The molecule has 0 aliphatic carbocycles. The molecule has 2 atom stereocenters. The Kier molecular flexibility index (Phi) is 6.63. The van der Waals surface area contributed by atoms with E-state index < -0.39 is 0 Å². The van der Waals surface area contributed by atoms with Crippen LogP contribution in [-0.2, 0) is 6.42 Å². The molecule has 140 valence electrons. The van der Waals surface area contributed by atoms with E-state index in [0.717, 1.165) is 17.2 Å². The summed E-state index contributed by atoms with van der Waals surface area (Å²) < 4.78 is 0. The number of thiazole rings is 1. The number of nitrogens with one attached hydrogen (secondary N) is 2. The standard InChI is InChI=1S/C22H26N4S/c1-16(23)12-13-24-20-10-8-18(9-11-20)14-21-15-25-22(27-21)26-17(2)19-6-4-3-5-7-19/h3-13,15-17,24H,14,23H2,1-2H3,(H,25,26)/b13-12-/t16-,17?/m0/s1. The summed E-state index contributed by atoms with van der Waals surface area (Å²) in [6.45, 7) is 4.10. The molecule has 0 saturated heterocycles. The molecule has 0 amide bonds. The van der Waals surface area contributed by atoms with E-state index in [0.29, 0.717) is 0 Å². The fourth-order valence-electron chi connectivity index (χ4n) is 2.68. The SMILES string of the molecule is CC(Nc1ncc(Cc2ccc(N/C=C\[C@H](C)N)cc2)s1)c1ccccc1. The summed E-state index contributed by atoms with van der Waals surface area (Å²) in [7, 11) is 0. The number of hydrogen-bond donors (Lipinski definition) is 3. The minimum atomic E-state index is 0.0514. The number of hydrogen-bond acceptors (Lipinski definition) is 5. The van der Waals surface area contributed by atoms with E-state index in [2.05, 4.69) is 71.1 Å². The maximum atomic E-state index is 5.69. The van der Waals surface area contributed by atoms with Gasteiger partial charge >= 0.3 is 0 Å². The molecule has 0 saturated carbocycles. The third-order valence-electron chi connectivity index (χ3n) is 4.18. The Balaban J connectivity index is 1.56. The zero-order valence-corrected chi connectivity index (χ0v) is 16.5. The van der Waals surface area contributed by atoms with Gasteiger partial charge < -0.3 is 16.4 Å². The number of rotatable bonds is 8. The first-order valence-electron chi connectivity index (χ1n) is 9.14. The van der Waals surface area contributed by atoms with E-state index in [4.69, 9.17) is 5.73 Å². The van der Waals surface area contributed by atoms with Gasteiger partial charge in [-0.25, -0.2) is 4.98 Å². The Morgan fingerprint density at radius 3 is 2.52 bits per heavy atom. The average Bonchev–Trinajstić information content (AvgIpc) is 3.10. The van der Waals surface area contributed by atoms with Crippen LogP contribution in [0.15, 0.2) is 73.1 Å². The summed E-state index contributed by atoms with van der Waals surface area (Å²) in [5.74, 6) is 0. The molecule has 1 unspecified atom stereocenters. The van der Waals surface area contributed by atoms with Crippen molar-refractivity contribution in [1.29, 1.82) is 0 Å². The minimum Gasteiger partial charge on any atom is -0.362 e. The van der Waals surface area contributed by atoms with Crippen molar-refractivity contribution in [3.05, 3.63) is 89.1 Å². The lowest BCUT2D eigenvalue weighted by Gasteiger charge is -2.12. The van der Waals surface area contributed by atoms with E-state index >= 15 is 0 Å². The monoisotopic (exact) mass is 378 g/mol. The molecule has 0 aliphatic heterocycles. The quantitative estimate of drug-likeness (QED) is 0.505. The van der Waals surface area contributed by atoms with Crippen LogP contribution in [0, 0.1) is 0 Å². The molecule has 5 heteroatoms. The van der Waals surface area contributed by atoms with Crippen molar-refractivity contribution in [2.24, 2.45) is 5.73 Å². The number of nitrogens with zero attached hydrogens (tertiary/aromatic N) is 1. The van der Waals surface area contributed by atoms with Crippen LogP contribution >= 0.6 is 11.3 Å². The second-order valence-electron chi connectivity index (χ2n) is 6.64. The molecule has 0 bridgehead atoms. The van der Waals surface area contributed by atoms with Crippen molar-refractivity contribution in [1.82, 2.24) is 4.98 Å². The van der Waals surface area contributed by atoms with Crippen LogP contribution in [0.5, 0.6) is 0 Å². The van der Waals surface area contributed by atoms with E-state index in [1.54, 1.807) is 11.3 Å². The zero-order valence-electron chi connectivity index (χ0n) is 15.7. The third-order valence-corrected chi connectivity index (χ3v) is 5.10. The molecule has 0 spiro atoms. The minimum absolute atomic E-state index is 0.0514. The van der Waals surface area contributed by atoms with Crippen LogP contribution in [0.1, 0.15) is 35.9 Å². The van der Waals surface area contributed by atoms with Gasteiger partial charge in [0.1, 0.15) is 0 Å². The molecule has 4 N–H and O–H groups in total. The van der Waals surface area contributed by atoms with Gasteiger partial charge in [-0.3, -0.25) is 0 Å². The fourth-order valence-corrected chi connectivity index (χ4v) is 3.62. The van der Waals surface area contributed by atoms with E-state index in [1.807, 2.05) is 31.5 Å². The topological polar surface area (TPSA) is 63.0 Å². The summed E-state index contributed by atoms with van der Waals surface area (Å²) in [5, 5.41) is 7.67. The Morgan fingerprint density at radius 1 is 1.07 bits per heavy atom. The summed E-state index contributed by atoms with van der Waals surface area (Å²) in [6.07, 6.45) is 6.65. The molecule has 4 nitrogen and oxygen atoms in total. The van der Waals surface area contributed by atoms with Gasteiger partial charge in [0.15, 0.2) is 5.13 Å². The van der Waals surface area contributed by atoms with Crippen molar-refractivity contribution in [2.45, 2.75) is 32.4 Å². The molecular weight excluding hydrogens is 352 g/mol. The van der Waals surface area contributed by atoms with Crippen LogP contribution in [0.3, 0.4) is 0 Å². The third kappa shape index (κ3) is 5.94. The highest BCUT2D eigenvalue weighted by atomic mass is 32.1. The second kappa shape index (κ2) is 9.35. The predicted molar refractivity (Wildman–Crippen MR) is 116 cm³/mol. The van der Waals surface area contributed by atoms with Gasteiger partial charge in [-0.15, -0.1) is 11.3 Å². The Hall–Kier alpha value is -2.63. The maximum absolute atomic E-state index is 5.69. The highest BCUT2D eigenvalue weighted by Gasteiger charge is 2.08. The van der Waals surface area contributed by atoms with Gasteiger partial charge in [0.25, 0.3) is 0 Å².